The van der Waals surface area contributed by atoms with Crippen LogP contribution in [0, 0.1) is 0 Å². The number of hydrogen-bond acceptors (Lipinski definition) is 7. The Morgan fingerprint density at radius 3 is 2.14 bits per heavy atom. The van der Waals surface area contributed by atoms with Gasteiger partial charge in [-0.1, -0.05) is 18.2 Å². The standard InChI is InChI=1S/C36H41N3O5/c1-7-39(8-2)27-14-9-23(10-15-27)34-33(36(41)38-26-12-16-28(42-4)17-13-26)22(3)37-29-19-25(20-30(40)35(29)34)24-11-18-31(43-5)32(21-24)44-6/h9-18,21,25,34,37H,7-8,19-20H2,1-6H3,(H,38,41)/t25-,34+/m1/s1. The van der Waals surface area contributed by atoms with Crippen LogP contribution in [0.15, 0.2) is 89.3 Å². The average molecular weight is 596 g/mol. The molecule has 1 aliphatic carbocycles. The van der Waals surface area contributed by atoms with Gasteiger partial charge in [0.15, 0.2) is 17.3 Å². The summed E-state index contributed by atoms with van der Waals surface area (Å²) in [5.74, 6) is 1.21. The van der Waals surface area contributed by atoms with Gasteiger partial charge in [-0.3, -0.25) is 9.59 Å². The van der Waals surface area contributed by atoms with Gasteiger partial charge in [-0.2, -0.15) is 0 Å². The van der Waals surface area contributed by atoms with Crippen molar-refractivity contribution in [2.45, 2.75) is 45.4 Å². The van der Waals surface area contributed by atoms with E-state index in [0.717, 1.165) is 41.3 Å². The SMILES string of the molecule is CCN(CC)c1ccc([C@H]2C(C(=O)Nc3ccc(OC)cc3)=C(C)NC3=C2C(=O)C[C@H](c2ccc(OC)c(OC)c2)C3)cc1. The molecular weight excluding hydrogens is 554 g/mol. The lowest BCUT2D eigenvalue weighted by Crippen LogP contribution is -2.37. The maximum absolute atomic E-state index is 14.1. The lowest BCUT2D eigenvalue weighted by molar-refractivity contribution is -0.116. The molecule has 0 saturated carbocycles. The summed E-state index contributed by atoms with van der Waals surface area (Å²) in [5.41, 5.74) is 6.45. The third kappa shape index (κ3) is 6.02. The summed E-state index contributed by atoms with van der Waals surface area (Å²) >= 11 is 0. The Balaban J connectivity index is 1.54. The number of ether oxygens (including phenoxy) is 3. The molecule has 0 aromatic heterocycles. The Morgan fingerprint density at radius 2 is 1.52 bits per heavy atom. The van der Waals surface area contributed by atoms with E-state index in [0.29, 0.717) is 46.9 Å². The number of nitrogens with zero attached hydrogens (tertiary/aromatic N) is 1. The fraction of sp³-hybridized carbons (Fsp3) is 0.333. The molecule has 3 aromatic carbocycles. The van der Waals surface area contributed by atoms with Crippen molar-refractivity contribution in [3.05, 3.63) is 100 Å². The van der Waals surface area contributed by atoms with E-state index in [4.69, 9.17) is 14.2 Å². The molecule has 0 unspecified atom stereocenters. The van der Waals surface area contributed by atoms with E-state index in [9.17, 15) is 9.59 Å². The van der Waals surface area contributed by atoms with E-state index in [1.807, 2.05) is 25.1 Å². The highest BCUT2D eigenvalue weighted by molar-refractivity contribution is 6.10. The molecule has 0 bridgehead atoms. The number of amides is 1. The quantitative estimate of drug-likeness (QED) is 0.274. The van der Waals surface area contributed by atoms with Gasteiger partial charge in [0.05, 0.1) is 21.3 Å². The molecule has 8 heteroatoms. The number of carbonyl (C=O) groups is 2. The molecule has 44 heavy (non-hydrogen) atoms. The highest BCUT2D eigenvalue weighted by Crippen LogP contribution is 2.46. The van der Waals surface area contributed by atoms with Crippen LogP contribution in [0.25, 0.3) is 0 Å². The molecule has 2 atom stereocenters. The topological polar surface area (TPSA) is 89.1 Å². The minimum Gasteiger partial charge on any atom is -0.497 e. The van der Waals surface area contributed by atoms with E-state index in [2.05, 4.69) is 53.6 Å². The van der Waals surface area contributed by atoms with Crippen molar-refractivity contribution in [3.63, 3.8) is 0 Å². The number of Topliss-reactive ketones (excluding diaryl/α,β-unsaturated/α-hetero) is 1. The molecule has 230 valence electrons. The van der Waals surface area contributed by atoms with Crippen molar-refractivity contribution < 1.29 is 23.8 Å². The van der Waals surface area contributed by atoms with Crippen LogP contribution in [0.2, 0.25) is 0 Å². The molecule has 3 aromatic rings. The first-order valence-corrected chi connectivity index (χ1v) is 15.1. The highest BCUT2D eigenvalue weighted by Gasteiger charge is 2.41. The molecule has 1 heterocycles. The molecule has 5 rings (SSSR count). The summed E-state index contributed by atoms with van der Waals surface area (Å²) in [4.78, 5) is 30.4. The number of nitrogens with one attached hydrogen (secondary N) is 2. The van der Waals surface area contributed by atoms with Crippen molar-refractivity contribution >= 4 is 23.1 Å². The maximum Gasteiger partial charge on any atom is 0.254 e. The predicted octanol–water partition coefficient (Wildman–Crippen LogP) is 6.56. The van der Waals surface area contributed by atoms with Crippen LogP contribution >= 0.6 is 0 Å². The lowest BCUT2D eigenvalue weighted by Gasteiger charge is -2.37. The third-order valence-electron chi connectivity index (χ3n) is 8.65. The fourth-order valence-electron chi connectivity index (χ4n) is 6.35. The summed E-state index contributed by atoms with van der Waals surface area (Å²) in [5, 5.41) is 6.52. The van der Waals surface area contributed by atoms with Gasteiger partial charge in [-0.05, 0) is 92.8 Å². The molecule has 8 nitrogen and oxygen atoms in total. The van der Waals surface area contributed by atoms with Crippen molar-refractivity contribution in [2.75, 3.05) is 44.6 Å². The number of carbonyl (C=O) groups excluding carboxylic acids is 2. The van der Waals surface area contributed by atoms with E-state index in [1.165, 1.54) is 0 Å². The average Bonchev–Trinajstić information content (AvgIpc) is 3.04. The zero-order valence-corrected chi connectivity index (χ0v) is 26.3. The van der Waals surface area contributed by atoms with Gasteiger partial charge in [-0.25, -0.2) is 0 Å². The number of benzene rings is 3. The number of anilines is 2. The second-order valence-corrected chi connectivity index (χ2v) is 11.1. The number of hydrogen-bond donors (Lipinski definition) is 2. The van der Waals surface area contributed by atoms with Crippen LogP contribution in [0.5, 0.6) is 17.2 Å². The Kier molecular flexibility index (Phi) is 9.28. The van der Waals surface area contributed by atoms with Crippen molar-refractivity contribution in [1.82, 2.24) is 5.32 Å². The lowest BCUT2D eigenvalue weighted by atomic mass is 9.71. The molecule has 0 saturated heterocycles. The fourth-order valence-corrected chi connectivity index (χ4v) is 6.35. The zero-order valence-electron chi connectivity index (χ0n) is 26.3. The first kappa shape index (κ1) is 30.7. The Hall–Kier alpha value is -4.72. The van der Waals surface area contributed by atoms with Crippen LogP contribution in [0.4, 0.5) is 11.4 Å². The summed E-state index contributed by atoms with van der Waals surface area (Å²) in [7, 11) is 4.82. The minimum atomic E-state index is -0.505. The number of ketones is 1. The molecule has 0 spiro atoms. The second-order valence-electron chi connectivity index (χ2n) is 11.1. The smallest absolute Gasteiger partial charge is 0.254 e. The van der Waals surface area contributed by atoms with Gasteiger partial charge in [-0.15, -0.1) is 0 Å². The molecule has 0 radical (unpaired) electrons. The maximum atomic E-state index is 14.1. The Labute approximate surface area is 259 Å². The van der Waals surface area contributed by atoms with E-state index < -0.39 is 5.92 Å². The van der Waals surface area contributed by atoms with Gasteiger partial charge < -0.3 is 29.7 Å². The van der Waals surface area contributed by atoms with E-state index in [1.54, 1.807) is 45.6 Å². The van der Waals surface area contributed by atoms with Crippen molar-refractivity contribution in [1.29, 1.82) is 0 Å². The van der Waals surface area contributed by atoms with Crippen LogP contribution in [-0.4, -0.2) is 46.1 Å². The van der Waals surface area contributed by atoms with Crippen LogP contribution in [0.1, 0.15) is 56.6 Å². The molecule has 1 aliphatic heterocycles. The number of dihydropyridines is 1. The van der Waals surface area contributed by atoms with Crippen LogP contribution in [-0.2, 0) is 9.59 Å². The molecule has 2 aliphatic rings. The van der Waals surface area contributed by atoms with Crippen molar-refractivity contribution in [2.24, 2.45) is 0 Å². The van der Waals surface area contributed by atoms with Crippen LogP contribution < -0.4 is 29.7 Å². The first-order valence-electron chi connectivity index (χ1n) is 15.1. The van der Waals surface area contributed by atoms with Crippen molar-refractivity contribution in [3.8, 4) is 17.2 Å². The monoisotopic (exact) mass is 595 g/mol. The summed E-state index contributed by atoms with van der Waals surface area (Å²) < 4.78 is 16.2. The van der Waals surface area contributed by atoms with E-state index >= 15 is 0 Å². The van der Waals surface area contributed by atoms with Gasteiger partial charge in [0.1, 0.15) is 5.75 Å². The highest BCUT2D eigenvalue weighted by atomic mass is 16.5. The summed E-state index contributed by atoms with van der Waals surface area (Å²) in [6, 6.07) is 21.3. The largest absolute Gasteiger partial charge is 0.497 e. The van der Waals surface area contributed by atoms with E-state index in [-0.39, 0.29) is 17.6 Å². The number of methoxy groups -OCH3 is 3. The third-order valence-corrected chi connectivity index (χ3v) is 8.65. The summed E-state index contributed by atoms with van der Waals surface area (Å²) in [6.07, 6.45) is 0.964. The predicted molar refractivity (Wildman–Crippen MR) is 174 cm³/mol. The molecule has 1 amide bonds. The molecule has 2 N–H and O–H groups in total. The normalized spacial score (nSPS) is 17.9. The van der Waals surface area contributed by atoms with Gasteiger partial charge in [0, 0.05) is 59.3 Å². The Morgan fingerprint density at radius 1 is 0.864 bits per heavy atom. The van der Waals surface area contributed by atoms with Gasteiger partial charge >= 0.3 is 0 Å². The zero-order chi connectivity index (χ0) is 31.4. The second kappa shape index (κ2) is 13.3. The van der Waals surface area contributed by atoms with Gasteiger partial charge in [0.2, 0.25) is 0 Å². The number of rotatable bonds is 10. The minimum absolute atomic E-state index is 0.0265. The molecule has 0 fully saturated rings. The first-order chi connectivity index (χ1) is 21.3. The molecular formula is C36H41N3O5. The summed E-state index contributed by atoms with van der Waals surface area (Å²) in [6.45, 7) is 7.95. The van der Waals surface area contributed by atoms with Gasteiger partial charge in [0.25, 0.3) is 5.91 Å². The Bertz CT molecular complexity index is 1590. The van der Waals surface area contributed by atoms with Crippen LogP contribution in [0.3, 0.4) is 0 Å². The number of allylic oxidation sites excluding steroid dienone is 3.